The molecule has 0 saturated carbocycles. The molecule has 5 nitrogen and oxygen atoms in total. The van der Waals surface area contributed by atoms with Gasteiger partial charge in [-0.25, -0.2) is 0 Å². The molecule has 1 N–H and O–H groups in total. The molecule has 0 aliphatic carbocycles. The number of hydrogen-bond donors (Lipinski definition) is 1. The van der Waals surface area contributed by atoms with Crippen LogP contribution in [0.25, 0.3) is 0 Å². The lowest BCUT2D eigenvalue weighted by molar-refractivity contribution is -0.120. The second-order valence-electron chi connectivity index (χ2n) is 7.53. The first-order valence-corrected chi connectivity index (χ1v) is 11.8. The molecule has 0 aromatic heterocycles. The molecule has 0 saturated heterocycles. The minimum Gasteiger partial charge on any atom is -0.324 e. The third kappa shape index (κ3) is 4.92. The summed E-state index contributed by atoms with van der Waals surface area (Å²) < 4.78 is 0. The maximum Gasteiger partial charge on any atom is 0.244 e. The Morgan fingerprint density at radius 3 is 2.59 bits per heavy atom. The van der Waals surface area contributed by atoms with Crippen LogP contribution in [0, 0.1) is 0 Å². The number of para-hydroxylation sites is 2. The van der Waals surface area contributed by atoms with Crippen molar-refractivity contribution < 1.29 is 9.59 Å². The van der Waals surface area contributed by atoms with Crippen molar-refractivity contribution in [3.63, 3.8) is 0 Å². The van der Waals surface area contributed by atoms with Gasteiger partial charge in [0.2, 0.25) is 11.8 Å². The normalized spacial score (nSPS) is 13.2. The SMILES string of the molecule is CCc1ccc(C2=Nc3ccccc3N(CC(=O)Nc3cccc(SC)c3)C(=O)C2)cc1. The lowest BCUT2D eigenvalue weighted by Gasteiger charge is -2.22. The summed E-state index contributed by atoms with van der Waals surface area (Å²) >= 11 is 1.61. The molecule has 0 fully saturated rings. The van der Waals surface area contributed by atoms with Crippen LogP contribution >= 0.6 is 11.8 Å². The number of fused-ring (bicyclic) bond motifs is 1. The minimum absolute atomic E-state index is 0.0725. The van der Waals surface area contributed by atoms with Gasteiger partial charge in [0, 0.05) is 10.6 Å². The number of hydrogen-bond acceptors (Lipinski definition) is 4. The van der Waals surface area contributed by atoms with E-state index in [0.29, 0.717) is 22.8 Å². The standard InChI is InChI=1S/C26H25N3O2S/c1-3-18-11-13-19(14-12-18)23-16-26(31)29(24-10-5-4-9-22(24)28-23)17-25(30)27-20-7-6-8-21(15-20)32-2/h4-15H,3,16-17H2,1-2H3,(H,27,30). The van der Waals surface area contributed by atoms with Gasteiger partial charge in [-0.1, -0.05) is 49.4 Å². The predicted molar refractivity (Wildman–Crippen MR) is 132 cm³/mol. The molecule has 4 rings (SSSR count). The first-order valence-electron chi connectivity index (χ1n) is 10.6. The van der Waals surface area contributed by atoms with Crippen LogP contribution in [-0.2, 0) is 16.0 Å². The third-order valence-corrected chi connectivity index (χ3v) is 6.12. The molecule has 162 valence electrons. The topological polar surface area (TPSA) is 61.8 Å². The Bertz CT molecular complexity index is 1170. The fraction of sp³-hybridized carbons (Fsp3) is 0.192. The van der Waals surface area contributed by atoms with Gasteiger partial charge < -0.3 is 10.2 Å². The van der Waals surface area contributed by atoms with Crippen molar-refractivity contribution in [2.45, 2.75) is 24.7 Å². The predicted octanol–water partition coefficient (Wildman–Crippen LogP) is 5.47. The second-order valence-corrected chi connectivity index (χ2v) is 8.41. The summed E-state index contributed by atoms with van der Waals surface area (Å²) in [5, 5.41) is 2.91. The molecule has 0 atom stereocenters. The summed E-state index contributed by atoms with van der Waals surface area (Å²) in [4.78, 5) is 33.4. The van der Waals surface area contributed by atoms with E-state index < -0.39 is 0 Å². The lowest BCUT2D eigenvalue weighted by Crippen LogP contribution is -2.38. The largest absolute Gasteiger partial charge is 0.324 e. The molecular formula is C26H25N3O2S. The Labute approximate surface area is 192 Å². The van der Waals surface area contributed by atoms with Crippen molar-refractivity contribution in [2.75, 3.05) is 23.0 Å². The number of amides is 2. The number of nitrogens with zero attached hydrogens (tertiary/aromatic N) is 2. The first-order chi connectivity index (χ1) is 15.6. The average molecular weight is 444 g/mol. The number of aliphatic imine (C=N–C) groups is 1. The molecule has 1 aliphatic rings. The van der Waals surface area contributed by atoms with E-state index in [9.17, 15) is 9.59 Å². The molecule has 2 amide bonds. The highest BCUT2D eigenvalue weighted by Crippen LogP contribution is 2.33. The highest BCUT2D eigenvalue weighted by molar-refractivity contribution is 7.98. The van der Waals surface area contributed by atoms with Crippen molar-refractivity contribution in [3.05, 3.63) is 83.9 Å². The van der Waals surface area contributed by atoms with Gasteiger partial charge in [-0.3, -0.25) is 14.6 Å². The summed E-state index contributed by atoms with van der Waals surface area (Å²) in [5.41, 5.74) is 4.91. The van der Waals surface area contributed by atoms with E-state index in [4.69, 9.17) is 4.99 Å². The molecule has 0 unspecified atom stereocenters. The van der Waals surface area contributed by atoms with E-state index >= 15 is 0 Å². The van der Waals surface area contributed by atoms with Gasteiger partial charge >= 0.3 is 0 Å². The van der Waals surface area contributed by atoms with Crippen LogP contribution < -0.4 is 10.2 Å². The van der Waals surface area contributed by atoms with E-state index in [1.807, 2.05) is 66.9 Å². The van der Waals surface area contributed by atoms with Gasteiger partial charge in [0.1, 0.15) is 6.54 Å². The number of anilines is 2. The second kappa shape index (κ2) is 9.83. The van der Waals surface area contributed by atoms with Crippen molar-refractivity contribution in [3.8, 4) is 0 Å². The number of benzene rings is 3. The van der Waals surface area contributed by atoms with Crippen LogP contribution in [0.5, 0.6) is 0 Å². The Kier molecular flexibility index (Phi) is 6.71. The fourth-order valence-electron chi connectivity index (χ4n) is 3.66. The number of carbonyl (C=O) groups is 2. The van der Waals surface area contributed by atoms with Crippen molar-refractivity contribution in [2.24, 2.45) is 4.99 Å². The van der Waals surface area contributed by atoms with Crippen molar-refractivity contribution in [1.29, 1.82) is 0 Å². The van der Waals surface area contributed by atoms with Gasteiger partial charge in [-0.15, -0.1) is 11.8 Å². The van der Waals surface area contributed by atoms with Gasteiger partial charge in [0.15, 0.2) is 0 Å². The third-order valence-electron chi connectivity index (χ3n) is 5.40. The highest BCUT2D eigenvalue weighted by Gasteiger charge is 2.26. The van der Waals surface area contributed by atoms with Gasteiger partial charge in [0.25, 0.3) is 0 Å². The summed E-state index contributed by atoms with van der Waals surface area (Å²) in [6.45, 7) is 2.04. The zero-order valence-corrected chi connectivity index (χ0v) is 19.0. The summed E-state index contributed by atoms with van der Waals surface area (Å²) in [6.07, 6.45) is 3.08. The first kappa shape index (κ1) is 21.8. The molecule has 0 radical (unpaired) electrons. The molecule has 3 aromatic rings. The number of carbonyl (C=O) groups excluding carboxylic acids is 2. The fourth-order valence-corrected chi connectivity index (χ4v) is 4.12. The molecule has 1 aliphatic heterocycles. The Hall–Kier alpha value is -3.38. The Morgan fingerprint density at radius 2 is 1.84 bits per heavy atom. The van der Waals surface area contributed by atoms with Gasteiger partial charge in [0.05, 0.1) is 23.5 Å². The molecule has 6 heteroatoms. The molecule has 32 heavy (non-hydrogen) atoms. The monoisotopic (exact) mass is 443 g/mol. The average Bonchev–Trinajstić information content (AvgIpc) is 2.95. The van der Waals surface area contributed by atoms with Crippen molar-refractivity contribution in [1.82, 2.24) is 0 Å². The van der Waals surface area contributed by atoms with Crippen LogP contribution in [0.2, 0.25) is 0 Å². The zero-order valence-electron chi connectivity index (χ0n) is 18.2. The number of thioether (sulfide) groups is 1. The van der Waals surface area contributed by atoms with E-state index in [-0.39, 0.29) is 24.8 Å². The van der Waals surface area contributed by atoms with Crippen LogP contribution in [0.1, 0.15) is 24.5 Å². The van der Waals surface area contributed by atoms with E-state index in [2.05, 4.69) is 24.4 Å². The molecule has 0 spiro atoms. The van der Waals surface area contributed by atoms with E-state index in [1.54, 1.807) is 11.8 Å². The number of nitrogens with one attached hydrogen (secondary N) is 1. The van der Waals surface area contributed by atoms with Crippen LogP contribution in [0.4, 0.5) is 17.1 Å². The Balaban J connectivity index is 1.58. The van der Waals surface area contributed by atoms with Crippen molar-refractivity contribution >= 4 is 46.4 Å². The van der Waals surface area contributed by atoms with Crippen LogP contribution in [-0.4, -0.2) is 30.3 Å². The minimum atomic E-state index is -0.248. The summed E-state index contributed by atoms with van der Waals surface area (Å²) in [5.74, 6) is -0.400. The molecule has 3 aromatic carbocycles. The maximum absolute atomic E-state index is 13.2. The lowest BCUT2D eigenvalue weighted by atomic mass is 10.0. The molecule has 0 bridgehead atoms. The van der Waals surface area contributed by atoms with Gasteiger partial charge in [-0.2, -0.15) is 0 Å². The molecule has 1 heterocycles. The van der Waals surface area contributed by atoms with Gasteiger partial charge in [-0.05, 0) is 54.1 Å². The summed E-state index contributed by atoms with van der Waals surface area (Å²) in [7, 11) is 0. The number of aryl methyl sites for hydroxylation is 1. The molecular weight excluding hydrogens is 418 g/mol. The Morgan fingerprint density at radius 1 is 1.06 bits per heavy atom. The van der Waals surface area contributed by atoms with Crippen LogP contribution in [0.3, 0.4) is 0 Å². The van der Waals surface area contributed by atoms with E-state index in [1.165, 1.54) is 10.5 Å². The quantitative estimate of drug-likeness (QED) is 0.514. The maximum atomic E-state index is 13.2. The number of rotatable bonds is 6. The van der Waals surface area contributed by atoms with E-state index in [0.717, 1.165) is 16.9 Å². The van der Waals surface area contributed by atoms with Crippen LogP contribution in [0.15, 0.2) is 82.7 Å². The smallest absolute Gasteiger partial charge is 0.244 e. The zero-order chi connectivity index (χ0) is 22.5. The highest BCUT2D eigenvalue weighted by atomic mass is 32.2. The summed E-state index contributed by atoms with van der Waals surface area (Å²) in [6, 6.07) is 23.3.